The van der Waals surface area contributed by atoms with Crippen molar-refractivity contribution in [2.75, 3.05) is 0 Å². The highest BCUT2D eigenvalue weighted by Gasteiger charge is 2.47. The molecule has 0 N–H and O–H groups in total. The molecule has 2 aliphatic rings. The number of ether oxygens (including phenoxy) is 1. The fourth-order valence-corrected chi connectivity index (χ4v) is 1.96. The summed E-state index contributed by atoms with van der Waals surface area (Å²) in [5.74, 6) is 1.01. The molecule has 1 saturated carbocycles. The molecule has 13 heavy (non-hydrogen) atoms. The minimum Gasteiger partial charge on any atom is -0.477 e. The molecule has 1 atom stereocenters. The highest BCUT2D eigenvalue weighted by atomic mass is 16.5. The van der Waals surface area contributed by atoms with E-state index in [4.69, 9.17) is 9.73 Å². The van der Waals surface area contributed by atoms with Crippen LogP contribution < -0.4 is 0 Å². The second-order valence-corrected chi connectivity index (χ2v) is 5.42. The summed E-state index contributed by atoms with van der Waals surface area (Å²) in [5.41, 5.74) is 0.366. The lowest BCUT2D eigenvalue weighted by Crippen LogP contribution is -2.36. The first-order chi connectivity index (χ1) is 5.91. The van der Waals surface area contributed by atoms with Gasteiger partial charge >= 0.3 is 0 Å². The van der Waals surface area contributed by atoms with Gasteiger partial charge in [0.05, 0.1) is 11.6 Å². The van der Waals surface area contributed by atoms with Crippen LogP contribution in [-0.4, -0.2) is 17.5 Å². The summed E-state index contributed by atoms with van der Waals surface area (Å²) in [4.78, 5) is 4.69. The first kappa shape index (κ1) is 9.04. The quantitative estimate of drug-likeness (QED) is 0.609. The fourth-order valence-electron chi connectivity index (χ4n) is 1.96. The number of hydrogen-bond donors (Lipinski definition) is 0. The topological polar surface area (TPSA) is 21.6 Å². The molecule has 2 heteroatoms. The lowest BCUT2D eigenvalue weighted by molar-refractivity contribution is 0.130. The Morgan fingerprint density at radius 3 is 2.38 bits per heavy atom. The van der Waals surface area contributed by atoms with Crippen molar-refractivity contribution in [3.63, 3.8) is 0 Å². The number of hydrogen-bond acceptors (Lipinski definition) is 2. The van der Waals surface area contributed by atoms with Crippen molar-refractivity contribution in [2.45, 2.75) is 58.6 Å². The Morgan fingerprint density at radius 1 is 1.31 bits per heavy atom. The molecule has 0 amide bonds. The van der Waals surface area contributed by atoms with Crippen LogP contribution in [0.25, 0.3) is 0 Å². The van der Waals surface area contributed by atoms with Crippen LogP contribution >= 0.6 is 0 Å². The average Bonchev–Trinajstić information content (AvgIpc) is 2.64. The van der Waals surface area contributed by atoms with Crippen molar-refractivity contribution in [1.82, 2.24) is 0 Å². The molecule has 0 aromatic heterocycles. The Kier molecular flexibility index (Phi) is 1.73. The zero-order valence-electron chi connectivity index (χ0n) is 9.05. The van der Waals surface area contributed by atoms with Crippen LogP contribution in [0.15, 0.2) is 4.99 Å². The van der Waals surface area contributed by atoms with Gasteiger partial charge in [-0.05, 0) is 33.6 Å². The highest BCUT2D eigenvalue weighted by Crippen LogP contribution is 2.48. The molecule has 1 unspecified atom stereocenters. The van der Waals surface area contributed by atoms with Crippen molar-refractivity contribution < 1.29 is 4.74 Å². The minimum absolute atomic E-state index is 0.0819. The lowest BCUT2D eigenvalue weighted by atomic mass is 9.95. The van der Waals surface area contributed by atoms with Crippen LogP contribution in [0.3, 0.4) is 0 Å². The van der Waals surface area contributed by atoms with Crippen molar-refractivity contribution in [3.05, 3.63) is 0 Å². The van der Waals surface area contributed by atoms with Crippen LogP contribution in [0, 0.1) is 5.41 Å². The summed E-state index contributed by atoms with van der Waals surface area (Å²) in [7, 11) is 0. The Morgan fingerprint density at radius 2 is 1.92 bits per heavy atom. The molecule has 1 aliphatic carbocycles. The molecule has 0 aromatic rings. The monoisotopic (exact) mass is 181 g/mol. The van der Waals surface area contributed by atoms with E-state index in [1.165, 1.54) is 12.8 Å². The van der Waals surface area contributed by atoms with Crippen molar-refractivity contribution in [3.8, 4) is 0 Å². The van der Waals surface area contributed by atoms with E-state index in [0.717, 1.165) is 12.3 Å². The molecule has 1 heterocycles. The van der Waals surface area contributed by atoms with Crippen molar-refractivity contribution in [2.24, 2.45) is 10.4 Å². The SMILES string of the molecule is CC1CC(C)(C)N=C(C2(C)CC2)O1. The van der Waals surface area contributed by atoms with Gasteiger partial charge in [0, 0.05) is 11.8 Å². The van der Waals surface area contributed by atoms with E-state index >= 15 is 0 Å². The molecular formula is C11H19NO. The third kappa shape index (κ3) is 1.72. The predicted molar refractivity (Wildman–Crippen MR) is 54.0 cm³/mol. The van der Waals surface area contributed by atoms with Gasteiger partial charge in [-0.25, -0.2) is 4.99 Å². The van der Waals surface area contributed by atoms with E-state index in [-0.39, 0.29) is 11.0 Å². The van der Waals surface area contributed by atoms with Gasteiger partial charge in [0.2, 0.25) is 0 Å². The van der Waals surface area contributed by atoms with Gasteiger partial charge in [0.15, 0.2) is 5.90 Å². The molecule has 0 saturated heterocycles. The van der Waals surface area contributed by atoms with Crippen LogP contribution in [0.4, 0.5) is 0 Å². The number of rotatable bonds is 1. The molecule has 1 fully saturated rings. The van der Waals surface area contributed by atoms with Crippen LogP contribution in [0.2, 0.25) is 0 Å². The second kappa shape index (κ2) is 2.49. The summed E-state index contributed by atoms with van der Waals surface area (Å²) < 4.78 is 5.80. The van der Waals surface area contributed by atoms with Crippen LogP contribution in [-0.2, 0) is 4.74 Å². The zero-order chi connectivity index (χ0) is 9.69. The molecule has 2 nitrogen and oxygen atoms in total. The van der Waals surface area contributed by atoms with E-state index in [0.29, 0.717) is 6.10 Å². The zero-order valence-corrected chi connectivity index (χ0v) is 9.05. The summed E-state index contributed by atoms with van der Waals surface area (Å²) in [6.45, 7) is 8.78. The van der Waals surface area contributed by atoms with Gasteiger partial charge in [-0.15, -0.1) is 0 Å². The predicted octanol–water partition coefficient (Wildman–Crippen LogP) is 2.77. The molecule has 2 rings (SSSR count). The van der Waals surface area contributed by atoms with Gasteiger partial charge in [-0.2, -0.15) is 0 Å². The van der Waals surface area contributed by atoms with Gasteiger partial charge in [-0.3, -0.25) is 0 Å². The van der Waals surface area contributed by atoms with E-state index < -0.39 is 0 Å². The number of aliphatic imine (C=N–C) groups is 1. The van der Waals surface area contributed by atoms with E-state index in [1.807, 2.05) is 0 Å². The molecule has 74 valence electrons. The first-order valence-corrected chi connectivity index (χ1v) is 5.18. The standard InChI is InChI=1S/C11H19NO/c1-8-7-10(2,3)12-9(13-8)11(4)5-6-11/h8H,5-7H2,1-4H3. The maximum Gasteiger partial charge on any atom is 0.190 e. The summed E-state index contributed by atoms with van der Waals surface area (Å²) in [6.07, 6.45) is 3.86. The van der Waals surface area contributed by atoms with Gasteiger partial charge in [-0.1, -0.05) is 6.92 Å². The normalized spacial score (nSPS) is 34.8. The Balaban J connectivity index is 2.23. The largest absolute Gasteiger partial charge is 0.477 e. The lowest BCUT2D eigenvalue weighted by Gasteiger charge is -2.33. The van der Waals surface area contributed by atoms with Crippen molar-refractivity contribution >= 4 is 5.90 Å². The van der Waals surface area contributed by atoms with Gasteiger partial charge in [0.1, 0.15) is 0 Å². The molecular weight excluding hydrogens is 162 g/mol. The highest BCUT2D eigenvalue weighted by molar-refractivity contribution is 5.85. The summed E-state index contributed by atoms with van der Waals surface area (Å²) in [5, 5.41) is 0. The summed E-state index contributed by atoms with van der Waals surface area (Å²) in [6, 6.07) is 0. The molecule has 0 bridgehead atoms. The minimum atomic E-state index is 0.0819. The average molecular weight is 181 g/mol. The maximum atomic E-state index is 5.80. The van der Waals surface area contributed by atoms with E-state index in [9.17, 15) is 0 Å². The molecule has 0 spiro atoms. The fraction of sp³-hybridized carbons (Fsp3) is 0.909. The summed E-state index contributed by atoms with van der Waals surface area (Å²) >= 11 is 0. The Labute approximate surface area is 80.4 Å². The molecule has 0 radical (unpaired) electrons. The Bertz CT molecular complexity index is 251. The molecule has 0 aromatic carbocycles. The van der Waals surface area contributed by atoms with E-state index in [2.05, 4.69) is 27.7 Å². The smallest absolute Gasteiger partial charge is 0.190 e. The number of nitrogens with zero attached hydrogens (tertiary/aromatic N) is 1. The maximum absolute atomic E-state index is 5.80. The van der Waals surface area contributed by atoms with E-state index in [1.54, 1.807) is 0 Å². The third-order valence-corrected chi connectivity index (χ3v) is 3.02. The van der Waals surface area contributed by atoms with Gasteiger partial charge in [0.25, 0.3) is 0 Å². The van der Waals surface area contributed by atoms with Crippen molar-refractivity contribution in [1.29, 1.82) is 0 Å². The van der Waals surface area contributed by atoms with Gasteiger partial charge < -0.3 is 4.74 Å². The van der Waals surface area contributed by atoms with Crippen LogP contribution in [0.5, 0.6) is 0 Å². The first-order valence-electron chi connectivity index (χ1n) is 5.18. The van der Waals surface area contributed by atoms with Crippen LogP contribution in [0.1, 0.15) is 47.0 Å². The Hall–Kier alpha value is -0.530. The second-order valence-electron chi connectivity index (χ2n) is 5.42. The third-order valence-electron chi connectivity index (χ3n) is 3.02. The molecule has 1 aliphatic heterocycles.